The smallest absolute Gasteiger partial charge is 0.0343 e. The second kappa shape index (κ2) is 4.15. The summed E-state index contributed by atoms with van der Waals surface area (Å²) in [6.07, 6.45) is 2.20. The van der Waals surface area contributed by atoms with Crippen molar-refractivity contribution in [2.24, 2.45) is 5.73 Å². The lowest BCUT2D eigenvalue weighted by molar-refractivity contribution is 0.292. The van der Waals surface area contributed by atoms with Gasteiger partial charge in [0.15, 0.2) is 0 Å². The number of fused-ring (bicyclic) bond motifs is 1. The van der Waals surface area contributed by atoms with Gasteiger partial charge < -0.3 is 5.73 Å². The maximum atomic E-state index is 6.80. The molecule has 0 fully saturated rings. The van der Waals surface area contributed by atoms with Gasteiger partial charge >= 0.3 is 0 Å². The Balaban J connectivity index is 2.17. The third-order valence-electron chi connectivity index (χ3n) is 5.91. The molecule has 0 aliphatic heterocycles. The van der Waals surface area contributed by atoms with Crippen LogP contribution in [0.25, 0.3) is 0 Å². The van der Waals surface area contributed by atoms with Crippen LogP contribution in [0.15, 0.2) is 48.5 Å². The van der Waals surface area contributed by atoms with E-state index in [-0.39, 0.29) is 16.9 Å². The van der Waals surface area contributed by atoms with Crippen molar-refractivity contribution in [1.29, 1.82) is 0 Å². The van der Waals surface area contributed by atoms with Gasteiger partial charge in [-0.2, -0.15) is 11.8 Å². The second-order valence-corrected chi connectivity index (χ2v) is 7.66. The molecule has 1 nitrogen and oxygen atoms in total. The standard InChI is InChI=1S/C19H21NS/c1-18-12-8-4-6-10-14(12)19(2,17(21-3)16(18)20)15-11-7-5-9-13(15)18/h4-11,16-17H,20H2,1-3H3/t16-,17+,18?,19?/m1/s1. The Bertz CT molecular complexity index is 674. The third kappa shape index (κ3) is 1.34. The summed E-state index contributed by atoms with van der Waals surface area (Å²) in [7, 11) is 0. The third-order valence-corrected chi connectivity index (χ3v) is 7.18. The van der Waals surface area contributed by atoms with Crippen LogP contribution in [0.4, 0.5) is 0 Å². The highest BCUT2D eigenvalue weighted by Crippen LogP contribution is 2.60. The van der Waals surface area contributed by atoms with Gasteiger partial charge in [-0.25, -0.2) is 0 Å². The summed E-state index contributed by atoms with van der Waals surface area (Å²) in [5.74, 6) is 0. The molecule has 0 spiro atoms. The number of rotatable bonds is 1. The molecule has 2 atom stereocenters. The van der Waals surface area contributed by atoms with Crippen molar-refractivity contribution in [1.82, 2.24) is 0 Å². The zero-order valence-electron chi connectivity index (χ0n) is 12.8. The van der Waals surface area contributed by atoms with E-state index >= 15 is 0 Å². The molecule has 0 amide bonds. The van der Waals surface area contributed by atoms with Gasteiger partial charge in [0.1, 0.15) is 0 Å². The summed E-state index contributed by atoms with van der Waals surface area (Å²) in [5, 5.41) is 0.410. The number of benzene rings is 2. The van der Waals surface area contributed by atoms with Crippen LogP contribution in [-0.2, 0) is 10.8 Å². The Morgan fingerprint density at radius 2 is 1.19 bits per heavy atom. The van der Waals surface area contributed by atoms with Gasteiger partial charge in [0.2, 0.25) is 0 Å². The van der Waals surface area contributed by atoms with Crippen LogP contribution in [0, 0.1) is 0 Å². The monoisotopic (exact) mass is 295 g/mol. The number of nitrogens with two attached hydrogens (primary N) is 1. The molecule has 3 aliphatic rings. The summed E-state index contributed by atoms with van der Waals surface area (Å²) in [6, 6.07) is 17.9. The molecule has 2 aromatic carbocycles. The van der Waals surface area contributed by atoms with E-state index in [0.29, 0.717) is 5.25 Å². The molecule has 0 heterocycles. The maximum Gasteiger partial charge on any atom is 0.0343 e. The van der Waals surface area contributed by atoms with Gasteiger partial charge in [0.25, 0.3) is 0 Å². The fraction of sp³-hybridized carbons (Fsp3) is 0.368. The molecule has 0 radical (unpaired) electrons. The molecule has 5 rings (SSSR count). The number of thioether (sulfide) groups is 1. The summed E-state index contributed by atoms with van der Waals surface area (Å²) < 4.78 is 0. The van der Waals surface area contributed by atoms with Crippen LogP contribution in [0.1, 0.15) is 36.1 Å². The molecule has 21 heavy (non-hydrogen) atoms. The van der Waals surface area contributed by atoms with Gasteiger partial charge in [-0.05, 0) is 35.4 Å². The van der Waals surface area contributed by atoms with Crippen molar-refractivity contribution in [3.63, 3.8) is 0 Å². The Kier molecular flexibility index (Phi) is 2.65. The first-order valence-corrected chi connectivity index (χ1v) is 8.83. The topological polar surface area (TPSA) is 26.0 Å². The lowest BCUT2D eigenvalue weighted by Crippen LogP contribution is -2.66. The van der Waals surface area contributed by atoms with Crippen molar-refractivity contribution in [2.45, 2.75) is 36.0 Å². The Morgan fingerprint density at radius 3 is 1.57 bits per heavy atom. The van der Waals surface area contributed by atoms with E-state index in [2.05, 4.69) is 68.6 Å². The second-order valence-electron chi connectivity index (χ2n) is 6.68. The summed E-state index contributed by atoms with van der Waals surface area (Å²) >= 11 is 1.92. The van der Waals surface area contributed by atoms with Crippen molar-refractivity contribution in [2.75, 3.05) is 6.26 Å². The first-order valence-electron chi connectivity index (χ1n) is 7.54. The lowest BCUT2D eigenvalue weighted by atomic mass is 9.48. The van der Waals surface area contributed by atoms with E-state index in [4.69, 9.17) is 5.73 Å². The Morgan fingerprint density at radius 1 is 0.810 bits per heavy atom. The molecule has 0 saturated heterocycles. The van der Waals surface area contributed by atoms with Crippen molar-refractivity contribution < 1.29 is 0 Å². The Labute approximate surface area is 130 Å². The fourth-order valence-corrected chi connectivity index (χ4v) is 6.07. The lowest BCUT2D eigenvalue weighted by Gasteiger charge is -2.60. The molecule has 0 saturated carbocycles. The zero-order chi connectivity index (χ0) is 14.8. The van der Waals surface area contributed by atoms with Crippen LogP contribution < -0.4 is 5.73 Å². The number of hydrogen-bond donors (Lipinski definition) is 1. The largest absolute Gasteiger partial charge is 0.326 e. The molecule has 108 valence electrons. The van der Waals surface area contributed by atoms with Crippen LogP contribution in [0.3, 0.4) is 0 Å². The first-order chi connectivity index (χ1) is 10.1. The average Bonchev–Trinajstić information content (AvgIpc) is 2.52. The van der Waals surface area contributed by atoms with Crippen LogP contribution in [-0.4, -0.2) is 17.5 Å². The molecule has 0 aromatic heterocycles. The molecular formula is C19H21NS. The summed E-state index contributed by atoms with van der Waals surface area (Å²) in [4.78, 5) is 0. The minimum atomic E-state index is -0.0847. The predicted molar refractivity (Wildman–Crippen MR) is 91.1 cm³/mol. The molecule has 2 bridgehead atoms. The summed E-state index contributed by atoms with van der Waals surface area (Å²) in [6.45, 7) is 4.71. The van der Waals surface area contributed by atoms with Gasteiger partial charge in [0, 0.05) is 22.1 Å². The average molecular weight is 295 g/mol. The molecule has 2 heteroatoms. The zero-order valence-corrected chi connectivity index (χ0v) is 13.6. The van der Waals surface area contributed by atoms with Crippen LogP contribution in [0.5, 0.6) is 0 Å². The molecular weight excluding hydrogens is 274 g/mol. The molecule has 0 unspecified atom stereocenters. The molecule has 2 N–H and O–H groups in total. The molecule has 3 aliphatic carbocycles. The van der Waals surface area contributed by atoms with Crippen LogP contribution >= 0.6 is 11.8 Å². The van der Waals surface area contributed by atoms with Crippen LogP contribution in [0.2, 0.25) is 0 Å². The normalized spacial score (nSPS) is 36.2. The van der Waals surface area contributed by atoms with Gasteiger partial charge in [-0.1, -0.05) is 55.5 Å². The number of hydrogen-bond acceptors (Lipinski definition) is 2. The fourth-order valence-electron chi connectivity index (χ4n) is 4.78. The minimum Gasteiger partial charge on any atom is -0.326 e. The quantitative estimate of drug-likeness (QED) is 0.868. The first kappa shape index (κ1) is 13.4. The van der Waals surface area contributed by atoms with E-state index in [1.165, 1.54) is 22.3 Å². The van der Waals surface area contributed by atoms with E-state index in [1.54, 1.807) is 0 Å². The van der Waals surface area contributed by atoms with E-state index in [9.17, 15) is 0 Å². The van der Waals surface area contributed by atoms with Gasteiger partial charge in [-0.15, -0.1) is 0 Å². The van der Waals surface area contributed by atoms with E-state index < -0.39 is 0 Å². The summed E-state index contributed by atoms with van der Waals surface area (Å²) in [5.41, 5.74) is 12.5. The van der Waals surface area contributed by atoms with Gasteiger partial charge in [-0.3, -0.25) is 0 Å². The molecule has 2 aromatic rings. The SMILES string of the molecule is CS[C@H]1[C@@H](N)C2(C)c3ccccc3C1(C)c1ccccc12. The van der Waals surface area contributed by atoms with Gasteiger partial charge in [0.05, 0.1) is 0 Å². The van der Waals surface area contributed by atoms with E-state index in [0.717, 1.165) is 0 Å². The maximum absolute atomic E-state index is 6.80. The minimum absolute atomic E-state index is 0.00375. The highest BCUT2D eigenvalue weighted by molar-refractivity contribution is 7.99. The Hall–Kier alpha value is -1.25. The van der Waals surface area contributed by atoms with E-state index in [1.807, 2.05) is 11.8 Å². The highest BCUT2D eigenvalue weighted by Gasteiger charge is 2.60. The predicted octanol–water partition coefficient (Wildman–Crippen LogP) is 3.68. The van der Waals surface area contributed by atoms with Crippen molar-refractivity contribution in [3.05, 3.63) is 70.8 Å². The highest BCUT2D eigenvalue weighted by atomic mass is 32.2. The van der Waals surface area contributed by atoms with Crippen molar-refractivity contribution in [3.8, 4) is 0 Å². The van der Waals surface area contributed by atoms with Crippen molar-refractivity contribution >= 4 is 11.8 Å².